The average Bonchev–Trinajstić information content (AvgIpc) is 2.34. The molecule has 1 aromatic rings. The Bertz CT molecular complexity index is 438. The van der Waals surface area contributed by atoms with Crippen molar-refractivity contribution in [2.45, 2.75) is 13.3 Å². The fourth-order valence-corrected chi connectivity index (χ4v) is 2.02. The highest BCUT2D eigenvalue weighted by Crippen LogP contribution is 2.29. The molecule has 0 radical (unpaired) electrons. The van der Waals surface area contributed by atoms with Gasteiger partial charge in [0.25, 0.3) is 5.91 Å². The Labute approximate surface area is 116 Å². The first-order chi connectivity index (χ1) is 8.51. The highest BCUT2D eigenvalue weighted by Gasteiger charge is 2.19. The van der Waals surface area contributed by atoms with Crippen LogP contribution in [0, 0.1) is 0 Å². The lowest BCUT2D eigenvalue weighted by Gasteiger charge is -2.21. The molecule has 1 amide bonds. The Morgan fingerprint density at radius 1 is 1.44 bits per heavy atom. The van der Waals surface area contributed by atoms with Gasteiger partial charge in [-0.1, -0.05) is 23.2 Å². The number of aliphatic hydroxyl groups excluding tert-OH is 1. The summed E-state index contributed by atoms with van der Waals surface area (Å²) >= 11 is 11.9. The number of nitrogen functional groups attached to an aromatic ring is 1. The number of nitrogens with two attached hydrogens (primary N) is 1. The van der Waals surface area contributed by atoms with Gasteiger partial charge in [-0.25, -0.2) is 0 Å². The van der Waals surface area contributed by atoms with Crippen LogP contribution >= 0.6 is 23.2 Å². The zero-order valence-electron chi connectivity index (χ0n) is 10.1. The molecular weight excluding hydrogens is 275 g/mol. The van der Waals surface area contributed by atoms with E-state index < -0.39 is 0 Å². The largest absolute Gasteiger partial charge is 0.399 e. The van der Waals surface area contributed by atoms with Gasteiger partial charge in [0.15, 0.2) is 0 Å². The van der Waals surface area contributed by atoms with Crippen LogP contribution in [0.2, 0.25) is 10.0 Å². The molecule has 6 heteroatoms. The molecular formula is C12H16Cl2N2O2. The first-order valence-corrected chi connectivity index (χ1v) is 6.41. The normalized spacial score (nSPS) is 10.4. The lowest BCUT2D eigenvalue weighted by atomic mass is 10.1. The molecule has 4 nitrogen and oxygen atoms in total. The molecule has 0 fully saturated rings. The zero-order valence-corrected chi connectivity index (χ0v) is 11.6. The predicted octanol–water partition coefficient (Wildman–Crippen LogP) is 2.42. The third-order valence-corrected chi connectivity index (χ3v) is 3.34. The van der Waals surface area contributed by atoms with Crippen LogP contribution in [0.25, 0.3) is 0 Å². The summed E-state index contributed by atoms with van der Waals surface area (Å²) in [5, 5.41) is 9.27. The minimum atomic E-state index is -0.231. The molecule has 0 aliphatic heterocycles. The average molecular weight is 291 g/mol. The van der Waals surface area contributed by atoms with E-state index >= 15 is 0 Å². The van der Waals surface area contributed by atoms with Crippen LogP contribution < -0.4 is 5.73 Å². The number of carbonyl (C=O) groups is 1. The van der Waals surface area contributed by atoms with E-state index in [2.05, 4.69) is 0 Å². The van der Waals surface area contributed by atoms with Gasteiger partial charge in [-0.3, -0.25) is 4.79 Å². The van der Waals surface area contributed by atoms with E-state index in [1.54, 1.807) is 4.90 Å². The summed E-state index contributed by atoms with van der Waals surface area (Å²) < 4.78 is 0. The Kier molecular flexibility index (Phi) is 5.72. The maximum atomic E-state index is 12.3. The van der Waals surface area contributed by atoms with E-state index in [0.717, 1.165) is 0 Å². The molecule has 0 aliphatic carbocycles. The number of carbonyl (C=O) groups excluding carboxylic acids is 1. The number of amides is 1. The smallest absolute Gasteiger partial charge is 0.255 e. The standard InChI is InChI=1S/C12H16Cl2N2O2/c1-2-16(4-3-5-17)12(18)9-6-8(15)7-10(13)11(9)14/h6-7,17H,2-5,15H2,1H3. The maximum Gasteiger partial charge on any atom is 0.255 e. The van der Waals surface area contributed by atoms with Crippen LogP contribution in [0.1, 0.15) is 23.7 Å². The van der Waals surface area contributed by atoms with Crippen LogP contribution in [-0.2, 0) is 0 Å². The molecule has 0 spiro atoms. The molecule has 0 unspecified atom stereocenters. The molecule has 0 aromatic heterocycles. The lowest BCUT2D eigenvalue weighted by molar-refractivity contribution is 0.0754. The third-order valence-electron chi connectivity index (χ3n) is 2.54. The molecule has 0 saturated carbocycles. The van der Waals surface area contributed by atoms with Crippen molar-refractivity contribution in [3.8, 4) is 0 Å². The Hall–Kier alpha value is -0.970. The number of halogens is 2. The molecule has 0 heterocycles. The zero-order chi connectivity index (χ0) is 13.7. The summed E-state index contributed by atoms with van der Waals surface area (Å²) in [4.78, 5) is 13.8. The minimum Gasteiger partial charge on any atom is -0.399 e. The maximum absolute atomic E-state index is 12.3. The van der Waals surface area contributed by atoms with Crippen molar-refractivity contribution in [1.29, 1.82) is 0 Å². The number of benzene rings is 1. The van der Waals surface area contributed by atoms with Gasteiger partial charge in [0.05, 0.1) is 15.6 Å². The molecule has 1 rings (SSSR count). The fraction of sp³-hybridized carbons (Fsp3) is 0.417. The van der Waals surface area contributed by atoms with E-state index in [4.69, 9.17) is 34.0 Å². The highest BCUT2D eigenvalue weighted by atomic mass is 35.5. The molecule has 3 N–H and O–H groups in total. The molecule has 0 atom stereocenters. The van der Waals surface area contributed by atoms with E-state index in [0.29, 0.717) is 30.8 Å². The first kappa shape index (κ1) is 15.1. The minimum absolute atomic E-state index is 0.0369. The highest BCUT2D eigenvalue weighted by molar-refractivity contribution is 6.44. The van der Waals surface area contributed by atoms with Crippen molar-refractivity contribution < 1.29 is 9.90 Å². The van der Waals surface area contributed by atoms with Gasteiger partial charge >= 0.3 is 0 Å². The predicted molar refractivity (Wildman–Crippen MR) is 74.2 cm³/mol. The van der Waals surface area contributed by atoms with Crippen LogP contribution in [-0.4, -0.2) is 35.6 Å². The van der Waals surface area contributed by atoms with Crippen molar-refractivity contribution >= 4 is 34.8 Å². The second kappa shape index (κ2) is 6.83. The summed E-state index contributed by atoms with van der Waals surface area (Å²) in [5.41, 5.74) is 6.34. The van der Waals surface area contributed by atoms with Crippen molar-refractivity contribution in [3.63, 3.8) is 0 Å². The SMILES string of the molecule is CCN(CCCO)C(=O)c1cc(N)cc(Cl)c1Cl. The summed E-state index contributed by atoms with van der Waals surface area (Å²) in [5.74, 6) is -0.231. The van der Waals surface area contributed by atoms with Crippen LogP contribution in [0.5, 0.6) is 0 Å². The third kappa shape index (κ3) is 3.51. The Morgan fingerprint density at radius 3 is 2.67 bits per heavy atom. The van der Waals surface area contributed by atoms with Gasteiger partial charge in [-0.15, -0.1) is 0 Å². The van der Waals surface area contributed by atoms with Gasteiger partial charge < -0.3 is 15.7 Å². The molecule has 0 saturated heterocycles. The number of nitrogens with zero attached hydrogens (tertiary/aromatic N) is 1. The van der Waals surface area contributed by atoms with Crippen molar-refractivity contribution in [3.05, 3.63) is 27.7 Å². The summed E-state index contributed by atoms with van der Waals surface area (Å²) in [6, 6.07) is 3.02. The summed E-state index contributed by atoms with van der Waals surface area (Å²) in [7, 11) is 0. The van der Waals surface area contributed by atoms with Crippen LogP contribution in [0.4, 0.5) is 5.69 Å². The fourth-order valence-electron chi connectivity index (χ4n) is 1.60. The number of hydrogen-bond donors (Lipinski definition) is 2. The molecule has 1 aromatic carbocycles. The molecule has 18 heavy (non-hydrogen) atoms. The number of rotatable bonds is 5. The lowest BCUT2D eigenvalue weighted by Crippen LogP contribution is -2.32. The Balaban J connectivity index is 3.01. The quantitative estimate of drug-likeness (QED) is 0.819. The summed E-state index contributed by atoms with van der Waals surface area (Å²) in [6.45, 7) is 2.89. The van der Waals surface area contributed by atoms with Crippen LogP contribution in [0.3, 0.4) is 0 Å². The number of hydrogen-bond acceptors (Lipinski definition) is 3. The monoisotopic (exact) mass is 290 g/mol. The van der Waals surface area contributed by atoms with Gasteiger partial charge in [0.2, 0.25) is 0 Å². The van der Waals surface area contributed by atoms with E-state index in [1.165, 1.54) is 12.1 Å². The summed E-state index contributed by atoms with van der Waals surface area (Å²) in [6.07, 6.45) is 0.521. The number of aliphatic hydroxyl groups is 1. The van der Waals surface area contributed by atoms with Crippen molar-refractivity contribution in [2.24, 2.45) is 0 Å². The topological polar surface area (TPSA) is 66.6 Å². The van der Waals surface area contributed by atoms with Crippen molar-refractivity contribution in [1.82, 2.24) is 4.90 Å². The van der Waals surface area contributed by atoms with E-state index in [9.17, 15) is 4.79 Å². The second-order valence-electron chi connectivity index (χ2n) is 3.83. The molecule has 100 valence electrons. The molecule has 0 bridgehead atoms. The van der Waals surface area contributed by atoms with Crippen LogP contribution in [0.15, 0.2) is 12.1 Å². The van der Waals surface area contributed by atoms with Gasteiger partial charge in [0.1, 0.15) is 0 Å². The molecule has 0 aliphatic rings. The van der Waals surface area contributed by atoms with Gasteiger partial charge in [-0.05, 0) is 25.5 Å². The van der Waals surface area contributed by atoms with E-state index in [1.807, 2.05) is 6.92 Å². The second-order valence-corrected chi connectivity index (χ2v) is 4.61. The van der Waals surface area contributed by atoms with Crippen molar-refractivity contribution in [2.75, 3.05) is 25.4 Å². The van der Waals surface area contributed by atoms with Gasteiger partial charge in [-0.2, -0.15) is 0 Å². The van der Waals surface area contributed by atoms with Gasteiger partial charge in [0, 0.05) is 25.4 Å². The first-order valence-electron chi connectivity index (χ1n) is 5.65. The van der Waals surface area contributed by atoms with E-state index in [-0.39, 0.29) is 22.6 Å². The Morgan fingerprint density at radius 2 is 2.11 bits per heavy atom. The number of anilines is 1.